The number of furan rings is 1. The Labute approximate surface area is 97.9 Å². The van der Waals surface area contributed by atoms with Gasteiger partial charge in [-0.2, -0.15) is 0 Å². The van der Waals surface area contributed by atoms with Gasteiger partial charge < -0.3 is 19.4 Å². The van der Waals surface area contributed by atoms with Gasteiger partial charge in [0.25, 0.3) is 0 Å². The summed E-state index contributed by atoms with van der Waals surface area (Å²) in [5.41, 5.74) is 0.166. The lowest BCUT2D eigenvalue weighted by Crippen LogP contribution is -2.15. The Morgan fingerprint density at radius 1 is 1.59 bits per heavy atom. The van der Waals surface area contributed by atoms with E-state index in [4.69, 9.17) is 9.52 Å². The zero-order valence-corrected chi connectivity index (χ0v) is 9.38. The molecular weight excluding hydrogens is 222 g/mol. The molecule has 0 saturated carbocycles. The van der Waals surface area contributed by atoms with Crippen molar-refractivity contribution >= 4 is 5.97 Å². The van der Waals surface area contributed by atoms with Gasteiger partial charge in [0, 0.05) is 19.4 Å². The molecule has 6 nitrogen and oxygen atoms in total. The van der Waals surface area contributed by atoms with Crippen LogP contribution < -0.4 is 5.32 Å². The third kappa shape index (κ3) is 2.73. The van der Waals surface area contributed by atoms with Crippen molar-refractivity contribution in [2.24, 2.45) is 7.05 Å². The van der Waals surface area contributed by atoms with Crippen molar-refractivity contribution in [1.82, 2.24) is 14.9 Å². The second-order valence-corrected chi connectivity index (χ2v) is 3.66. The number of nitrogens with zero attached hydrogens (tertiary/aromatic N) is 2. The van der Waals surface area contributed by atoms with Crippen molar-refractivity contribution < 1.29 is 14.3 Å². The normalized spacial score (nSPS) is 10.6. The molecule has 0 unspecified atom stereocenters. The molecule has 90 valence electrons. The van der Waals surface area contributed by atoms with Crippen molar-refractivity contribution in [2.75, 3.05) is 0 Å². The molecule has 2 N–H and O–H groups in total. The van der Waals surface area contributed by atoms with Crippen molar-refractivity contribution in [3.63, 3.8) is 0 Å². The van der Waals surface area contributed by atoms with Gasteiger partial charge in [-0.15, -0.1) is 0 Å². The van der Waals surface area contributed by atoms with Crippen LogP contribution in [0.5, 0.6) is 0 Å². The van der Waals surface area contributed by atoms with Gasteiger partial charge in [-0.1, -0.05) is 0 Å². The molecule has 2 aromatic rings. The summed E-state index contributed by atoms with van der Waals surface area (Å²) in [6.07, 6.45) is 4.83. The molecule has 0 spiro atoms. The van der Waals surface area contributed by atoms with E-state index in [1.807, 2.05) is 17.8 Å². The molecule has 0 amide bonds. The third-order valence-electron chi connectivity index (χ3n) is 2.40. The molecule has 0 aliphatic carbocycles. The molecule has 2 rings (SSSR count). The Kier molecular flexibility index (Phi) is 3.24. The SMILES string of the molecule is Cn1ccnc1CNCc1cc(C(=O)O)co1. The van der Waals surface area contributed by atoms with E-state index < -0.39 is 5.97 Å². The Hall–Kier alpha value is -2.08. The quantitative estimate of drug-likeness (QED) is 0.808. The molecule has 0 fully saturated rings. The number of carboxylic acids is 1. The predicted octanol–water partition coefficient (Wildman–Crippen LogP) is 1.00. The first-order valence-electron chi connectivity index (χ1n) is 5.14. The molecule has 0 aliphatic rings. The Balaban J connectivity index is 1.86. The molecule has 17 heavy (non-hydrogen) atoms. The highest BCUT2D eigenvalue weighted by Crippen LogP contribution is 2.07. The second-order valence-electron chi connectivity index (χ2n) is 3.66. The number of carbonyl (C=O) groups is 1. The van der Waals surface area contributed by atoms with E-state index in [9.17, 15) is 4.79 Å². The second kappa shape index (κ2) is 4.84. The zero-order chi connectivity index (χ0) is 12.3. The molecular formula is C11H13N3O3. The lowest BCUT2D eigenvalue weighted by Gasteiger charge is -2.02. The van der Waals surface area contributed by atoms with Crippen LogP contribution >= 0.6 is 0 Å². The fourth-order valence-electron chi connectivity index (χ4n) is 1.45. The highest BCUT2D eigenvalue weighted by atomic mass is 16.4. The minimum Gasteiger partial charge on any atom is -0.478 e. The fourth-order valence-corrected chi connectivity index (χ4v) is 1.45. The zero-order valence-electron chi connectivity index (χ0n) is 9.38. The maximum Gasteiger partial charge on any atom is 0.338 e. The summed E-state index contributed by atoms with van der Waals surface area (Å²) in [6, 6.07) is 1.51. The molecule has 0 aromatic carbocycles. The number of carboxylic acid groups (broad SMARTS) is 1. The highest BCUT2D eigenvalue weighted by Gasteiger charge is 2.07. The van der Waals surface area contributed by atoms with Crippen LogP contribution in [0.4, 0.5) is 0 Å². The molecule has 2 aromatic heterocycles. The summed E-state index contributed by atoms with van der Waals surface area (Å²) in [4.78, 5) is 14.8. The topological polar surface area (TPSA) is 80.3 Å². The summed E-state index contributed by atoms with van der Waals surface area (Å²) >= 11 is 0. The van der Waals surface area contributed by atoms with Gasteiger partial charge in [-0.05, 0) is 6.07 Å². The Morgan fingerprint density at radius 2 is 2.41 bits per heavy atom. The van der Waals surface area contributed by atoms with Crippen molar-refractivity contribution in [2.45, 2.75) is 13.1 Å². The van der Waals surface area contributed by atoms with Gasteiger partial charge >= 0.3 is 5.97 Å². The molecule has 2 heterocycles. The number of hydrogen-bond donors (Lipinski definition) is 2. The number of hydrogen-bond acceptors (Lipinski definition) is 4. The molecule has 0 saturated heterocycles. The summed E-state index contributed by atoms with van der Waals surface area (Å²) in [5, 5.41) is 11.8. The van der Waals surface area contributed by atoms with E-state index in [0.717, 1.165) is 5.82 Å². The summed E-state index contributed by atoms with van der Waals surface area (Å²) in [7, 11) is 1.92. The number of rotatable bonds is 5. The number of aromatic nitrogens is 2. The first-order valence-corrected chi connectivity index (χ1v) is 5.14. The van der Waals surface area contributed by atoms with Crippen LogP contribution in [0.2, 0.25) is 0 Å². The minimum atomic E-state index is -0.982. The standard InChI is InChI=1S/C11H13N3O3/c1-14-3-2-13-10(14)6-12-5-9-4-8(7-17-9)11(15)16/h2-4,7,12H,5-6H2,1H3,(H,15,16). The van der Waals surface area contributed by atoms with Gasteiger partial charge in [0.1, 0.15) is 17.8 Å². The molecule has 6 heteroatoms. The maximum atomic E-state index is 10.6. The van der Waals surface area contributed by atoms with Gasteiger partial charge in [0.05, 0.1) is 18.7 Å². The van der Waals surface area contributed by atoms with Crippen molar-refractivity contribution in [1.29, 1.82) is 0 Å². The van der Waals surface area contributed by atoms with Gasteiger partial charge in [-0.25, -0.2) is 9.78 Å². The lowest BCUT2D eigenvalue weighted by molar-refractivity contribution is 0.0696. The smallest absolute Gasteiger partial charge is 0.338 e. The Morgan fingerprint density at radius 3 is 3.00 bits per heavy atom. The van der Waals surface area contributed by atoms with Gasteiger partial charge in [0.2, 0.25) is 0 Å². The minimum absolute atomic E-state index is 0.166. The monoisotopic (exact) mass is 235 g/mol. The molecule has 0 atom stereocenters. The van der Waals surface area contributed by atoms with Gasteiger partial charge in [0.15, 0.2) is 0 Å². The fraction of sp³-hybridized carbons (Fsp3) is 0.273. The van der Waals surface area contributed by atoms with E-state index in [1.54, 1.807) is 6.20 Å². The van der Waals surface area contributed by atoms with Crippen LogP contribution in [0.25, 0.3) is 0 Å². The van der Waals surface area contributed by atoms with E-state index in [0.29, 0.717) is 18.8 Å². The first kappa shape index (κ1) is 11.4. The van der Waals surface area contributed by atoms with Crippen LogP contribution in [0.3, 0.4) is 0 Å². The summed E-state index contributed by atoms with van der Waals surface area (Å²) in [6.45, 7) is 1.08. The van der Waals surface area contributed by atoms with Crippen LogP contribution in [0.15, 0.2) is 29.1 Å². The van der Waals surface area contributed by atoms with Gasteiger partial charge in [-0.3, -0.25) is 0 Å². The summed E-state index contributed by atoms with van der Waals surface area (Å²) in [5.74, 6) is 0.524. The Bertz CT molecular complexity index is 516. The van der Waals surface area contributed by atoms with Crippen LogP contribution in [-0.2, 0) is 20.1 Å². The van der Waals surface area contributed by atoms with E-state index in [1.165, 1.54) is 12.3 Å². The van der Waals surface area contributed by atoms with Crippen molar-refractivity contribution in [3.8, 4) is 0 Å². The maximum absolute atomic E-state index is 10.6. The average molecular weight is 235 g/mol. The molecule has 0 bridgehead atoms. The number of imidazole rings is 1. The van der Waals surface area contributed by atoms with Crippen LogP contribution in [0.1, 0.15) is 21.9 Å². The lowest BCUT2D eigenvalue weighted by atomic mass is 10.3. The first-order chi connectivity index (χ1) is 8.16. The molecule has 0 radical (unpaired) electrons. The predicted molar refractivity (Wildman–Crippen MR) is 59.4 cm³/mol. The van der Waals surface area contributed by atoms with Crippen molar-refractivity contribution in [3.05, 3.63) is 41.9 Å². The van der Waals surface area contributed by atoms with Crippen LogP contribution in [-0.4, -0.2) is 20.6 Å². The van der Waals surface area contributed by atoms with E-state index >= 15 is 0 Å². The van der Waals surface area contributed by atoms with Crippen LogP contribution in [0, 0.1) is 0 Å². The number of nitrogens with one attached hydrogen (secondary N) is 1. The highest BCUT2D eigenvalue weighted by molar-refractivity contribution is 5.87. The number of aryl methyl sites for hydroxylation is 1. The average Bonchev–Trinajstić information content (AvgIpc) is 2.89. The largest absolute Gasteiger partial charge is 0.478 e. The van der Waals surface area contributed by atoms with E-state index in [2.05, 4.69) is 10.3 Å². The molecule has 0 aliphatic heterocycles. The summed E-state index contributed by atoms with van der Waals surface area (Å²) < 4.78 is 7.02. The van der Waals surface area contributed by atoms with E-state index in [-0.39, 0.29) is 5.56 Å². The number of aromatic carboxylic acids is 1. The third-order valence-corrected chi connectivity index (χ3v) is 2.40.